The second-order valence-electron chi connectivity index (χ2n) is 6.30. The van der Waals surface area contributed by atoms with Crippen LogP contribution in [0.5, 0.6) is 0 Å². The van der Waals surface area contributed by atoms with Crippen molar-refractivity contribution in [3.63, 3.8) is 0 Å². The summed E-state index contributed by atoms with van der Waals surface area (Å²) in [5.74, 6) is 0.417. The highest BCUT2D eigenvalue weighted by Crippen LogP contribution is 2.40. The van der Waals surface area contributed by atoms with Crippen LogP contribution in [-0.2, 0) is 16.6 Å². The first-order chi connectivity index (χ1) is 9.17. The van der Waals surface area contributed by atoms with Crippen molar-refractivity contribution in [2.24, 2.45) is 5.92 Å². The molecule has 1 saturated carbocycles. The minimum absolute atomic E-state index is 0.152. The number of hydrogen-bond acceptors (Lipinski definition) is 3. The Morgan fingerprint density at radius 1 is 1.25 bits per heavy atom. The summed E-state index contributed by atoms with van der Waals surface area (Å²) in [6.45, 7) is 7.36. The van der Waals surface area contributed by atoms with E-state index in [1.54, 1.807) is 13.0 Å². The van der Waals surface area contributed by atoms with E-state index in [-0.39, 0.29) is 11.5 Å². The van der Waals surface area contributed by atoms with Gasteiger partial charge in [-0.1, -0.05) is 6.07 Å². The van der Waals surface area contributed by atoms with E-state index in [1.807, 2.05) is 26.8 Å². The van der Waals surface area contributed by atoms with Gasteiger partial charge < -0.3 is 5.11 Å². The van der Waals surface area contributed by atoms with Crippen molar-refractivity contribution >= 4 is 10.0 Å². The van der Waals surface area contributed by atoms with E-state index in [0.29, 0.717) is 17.0 Å². The molecule has 0 aliphatic heterocycles. The van der Waals surface area contributed by atoms with Crippen LogP contribution in [0.15, 0.2) is 17.0 Å². The molecule has 1 aliphatic rings. The monoisotopic (exact) mass is 297 g/mol. The standard InChI is InChI=1S/C15H23NO3S/c1-10-7-11(2)14(8-12(10)9-17)20(18,19)16-15(3,4)13-5-6-13/h7-8,13,16-17H,5-6,9H2,1-4H3. The van der Waals surface area contributed by atoms with E-state index in [2.05, 4.69) is 4.72 Å². The largest absolute Gasteiger partial charge is 0.392 e. The molecule has 0 heterocycles. The van der Waals surface area contributed by atoms with Crippen LogP contribution in [0.3, 0.4) is 0 Å². The van der Waals surface area contributed by atoms with Gasteiger partial charge in [-0.25, -0.2) is 13.1 Å². The van der Waals surface area contributed by atoms with Gasteiger partial charge in [0.15, 0.2) is 0 Å². The molecule has 112 valence electrons. The molecule has 20 heavy (non-hydrogen) atoms. The van der Waals surface area contributed by atoms with Gasteiger partial charge >= 0.3 is 0 Å². The molecular formula is C15H23NO3S. The summed E-state index contributed by atoms with van der Waals surface area (Å²) in [5, 5.41) is 9.32. The highest BCUT2D eigenvalue weighted by atomic mass is 32.2. The maximum Gasteiger partial charge on any atom is 0.241 e. The number of aryl methyl sites for hydroxylation is 2. The lowest BCUT2D eigenvalue weighted by Crippen LogP contribution is -2.45. The lowest BCUT2D eigenvalue weighted by atomic mass is 10.0. The van der Waals surface area contributed by atoms with Crippen molar-refractivity contribution in [3.8, 4) is 0 Å². The third-order valence-electron chi connectivity index (χ3n) is 4.09. The molecule has 1 fully saturated rings. The van der Waals surface area contributed by atoms with Crippen molar-refractivity contribution in [3.05, 3.63) is 28.8 Å². The van der Waals surface area contributed by atoms with Crippen molar-refractivity contribution in [1.82, 2.24) is 4.72 Å². The second-order valence-corrected chi connectivity index (χ2v) is 7.95. The molecule has 0 saturated heterocycles. The van der Waals surface area contributed by atoms with Crippen LogP contribution in [0.1, 0.15) is 43.4 Å². The van der Waals surface area contributed by atoms with Crippen molar-refractivity contribution in [1.29, 1.82) is 0 Å². The molecule has 1 aliphatic carbocycles. The summed E-state index contributed by atoms with van der Waals surface area (Å²) in [6.07, 6.45) is 2.15. The van der Waals surface area contributed by atoms with E-state index in [1.165, 1.54) is 0 Å². The molecule has 2 rings (SSSR count). The van der Waals surface area contributed by atoms with Gasteiger partial charge in [0.1, 0.15) is 0 Å². The number of nitrogens with one attached hydrogen (secondary N) is 1. The lowest BCUT2D eigenvalue weighted by molar-refractivity contribution is 0.280. The highest BCUT2D eigenvalue weighted by Gasteiger charge is 2.40. The lowest BCUT2D eigenvalue weighted by Gasteiger charge is -2.26. The maximum absolute atomic E-state index is 12.6. The Kier molecular flexibility index (Phi) is 3.97. The molecule has 0 spiro atoms. The van der Waals surface area contributed by atoms with Gasteiger partial charge in [-0.2, -0.15) is 0 Å². The van der Waals surface area contributed by atoms with Crippen LogP contribution < -0.4 is 4.72 Å². The Morgan fingerprint density at radius 2 is 1.85 bits per heavy atom. The van der Waals surface area contributed by atoms with E-state index >= 15 is 0 Å². The van der Waals surface area contributed by atoms with Crippen LogP contribution in [0.2, 0.25) is 0 Å². The van der Waals surface area contributed by atoms with E-state index in [0.717, 1.165) is 18.4 Å². The summed E-state index contributed by atoms with van der Waals surface area (Å²) in [4.78, 5) is 0.265. The summed E-state index contributed by atoms with van der Waals surface area (Å²) in [5.41, 5.74) is 1.85. The molecule has 0 aromatic heterocycles. The van der Waals surface area contributed by atoms with Crippen molar-refractivity contribution < 1.29 is 13.5 Å². The van der Waals surface area contributed by atoms with Crippen LogP contribution in [0.4, 0.5) is 0 Å². The van der Waals surface area contributed by atoms with Gasteiger partial charge in [0.2, 0.25) is 10.0 Å². The smallest absolute Gasteiger partial charge is 0.241 e. The number of rotatable bonds is 5. The minimum Gasteiger partial charge on any atom is -0.392 e. The first-order valence-corrected chi connectivity index (χ1v) is 8.40. The molecule has 0 amide bonds. The van der Waals surface area contributed by atoms with Crippen molar-refractivity contribution in [2.75, 3.05) is 0 Å². The fourth-order valence-corrected chi connectivity index (χ4v) is 4.37. The summed E-state index contributed by atoms with van der Waals surface area (Å²) >= 11 is 0. The quantitative estimate of drug-likeness (QED) is 0.876. The predicted octanol–water partition coefficient (Wildman–Crippen LogP) is 2.26. The normalized spacial score (nSPS) is 16.4. The molecule has 1 aromatic rings. The van der Waals surface area contributed by atoms with Crippen LogP contribution in [0, 0.1) is 19.8 Å². The zero-order valence-electron chi connectivity index (χ0n) is 12.5. The fourth-order valence-electron chi connectivity index (χ4n) is 2.62. The Balaban J connectivity index is 2.38. The Labute approximate surface area is 121 Å². The van der Waals surface area contributed by atoms with E-state index in [4.69, 9.17) is 0 Å². The number of aliphatic hydroxyl groups excluding tert-OH is 1. The van der Waals surface area contributed by atoms with Gasteiger partial charge in [0.05, 0.1) is 11.5 Å². The third kappa shape index (κ3) is 3.05. The SMILES string of the molecule is Cc1cc(C)c(S(=O)(=O)NC(C)(C)C2CC2)cc1CO. The molecule has 0 atom stereocenters. The van der Waals surface area contributed by atoms with Gasteiger partial charge in [0, 0.05) is 5.54 Å². The van der Waals surface area contributed by atoms with Gasteiger partial charge in [-0.15, -0.1) is 0 Å². The molecule has 0 bridgehead atoms. The Morgan fingerprint density at radius 3 is 2.35 bits per heavy atom. The minimum atomic E-state index is -3.56. The average molecular weight is 297 g/mol. The molecular weight excluding hydrogens is 274 g/mol. The van der Waals surface area contributed by atoms with Gasteiger partial charge in [-0.05, 0) is 69.2 Å². The molecule has 4 nitrogen and oxygen atoms in total. The zero-order chi connectivity index (χ0) is 15.1. The summed E-state index contributed by atoms with van der Waals surface area (Å²) in [7, 11) is -3.56. The summed E-state index contributed by atoms with van der Waals surface area (Å²) in [6, 6.07) is 3.39. The topological polar surface area (TPSA) is 66.4 Å². The first-order valence-electron chi connectivity index (χ1n) is 6.92. The first kappa shape index (κ1) is 15.5. The van der Waals surface area contributed by atoms with Gasteiger partial charge in [0.25, 0.3) is 0 Å². The Hall–Kier alpha value is -0.910. The predicted molar refractivity (Wildman–Crippen MR) is 79.0 cm³/mol. The number of sulfonamides is 1. The Bertz CT molecular complexity index is 616. The average Bonchev–Trinajstić information content (AvgIpc) is 3.10. The molecule has 5 heteroatoms. The fraction of sp³-hybridized carbons (Fsp3) is 0.600. The van der Waals surface area contributed by atoms with Crippen molar-refractivity contribution in [2.45, 2.75) is 57.6 Å². The van der Waals surface area contributed by atoms with E-state index < -0.39 is 15.6 Å². The maximum atomic E-state index is 12.6. The van der Waals surface area contributed by atoms with Crippen LogP contribution in [-0.4, -0.2) is 19.1 Å². The summed E-state index contributed by atoms with van der Waals surface area (Å²) < 4.78 is 28.0. The second kappa shape index (κ2) is 5.13. The number of aliphatic hydroxyl groups is 1. The van der Waals surface area contributed by atoms with Crippen LogP contribution in [0.25, 0.3) is 0 Å². The molecule has 0 unspecified atom stereocenters. The van der Waals surface area contributed by atoms with Crippen LogP contribution >= 0.6 is 0 Å². The molecule has 2 N–H and O–H groups in total. The van der Waals surface area contributed by atoms with Gasteiger partial charge in [-0.3, -0.25) is 0 Å². The third-order valence-corrected chi connectivity index (χ3v) is 5.90. The zero-order valence-corrected chi connectivity index (χ0v) is 13.3. The highest BCUT2D eigenvalue weighted by molar-refractivity contribution is 7.89. The molecule has 1 aromatic carbocycles. The number of benzene rings is 1. The number of hydrogen-bond donors (Lipinski definition) is 2. The van der Waals surface area contributed by atoms with E-state index in [9.17, 15) is 13.5 Å². The molecule has 0 radical (unpaired) electrons.